The third-order valence-electron chi connectivity index (χ3n) is 1.84. The smallest absolute Gasteiger partial charge is 0.338 e. The molecule has 2 nitrogen and oxygen atoms in total. The third-order valence-corrected chi connectivity index (χ3v) is 2.37. The summed E-state index contributed by atoms with van der Waals surface area (Å²) in [5, 5.41) is 0. The van der Waals surface area contributed by atoms with Crippen LogP contribution in [0, 0.1) is 0 Å². The number of halogens is 1. The molecule has 0 spiro atoms. The van der Waals surface area contributed by atoms with Crippen LogP contribution in [-0.2, 0) is 9.53 Å². The van der Waals surface area contributed by atoms with Gasteiger partial charge in [-0.05, 0) is 38.5 Å². The van der Waals surface area contributed by atoms with Gasteiger partial charge in [0.15, 0.2) is 0 Å². The molecule has 0 bridgehead atoms. The van der Waals surface area contributed by atoms with E-state index in [9.17, 15) is 4.79 Å². The van der Waals surface area contributed by atoms with E-state index >= 15 is 0 Å². The van der Waals surface area contributed by atoms with Gasteiger partial charge in [0.1, 0.15) is 5.60 Å². The van der Waals surface area contributed by atoms with Crippen molar-refractivity contribution in [2.24, 2.45) is 0 Å². The molecule has 0 saturated carbocycles. The normalized spacial score (nSPS) is 11.0. The SMILES string of the molecule is C=C(C(=O)OC(C)(C)C)c1ccc(Br)cc1. The van der Waals surface area contributed by atoms with E-state index in [-0.39, 0.29) is 5.97 Å². The Kier molecular flexibility index (Phi) is 3.92. The Morgan fingerprint density at radius 3 is 2.19 bits per heavy atom. The molecular formula is C13H15BrO2. The predicted octanol–water partition coefficient (Wildman–Crippen LogP) is 3.80. The number of ether oxygens (including phenoxy) is 1. The molecule has 16 heavy (non-hydrogen) atoms. The highest BCUT2D eigenvalue weighted by atomic mass is 79.9. The molecule has 0 fully saturated rings. The second-order valence-electron chi connectivity index (χ2n) is 4.49. The van der Waals surface area contributed by atoms with E-state index in [2.05, 4.69) is 22.5 Å². The van der Waals surface area contributed by atoms with E-state index in [0.717, 1.165) is 10.0 Å². The van der Waals surface area contributed by atoms with Gasteiger partial charge in [-0.15, -0.1) is 0 Å². The quantitative estimate of drug-likeness (QED) is 0.609. The lowest BCUT2D eigenvalue weighted by Gasteiger charge is -2.20. The van der Waals surface area contributed by atoms with Crippen LogP contribution in [0.3, 0.4) is 0 Å². The third kappa shape index (κ3) is 3.81. The van der Waals surface area contributed by atoms with Gasteiger partial charge < -0.3 is 4.74 Å². The number of hydrogen-bond acceptors (Lipinski definition) is 2. The van der Waals surface area contributed by atoms with Gasteiger partial charge >= 0.3 is 5.97 Å². The molecule has 0 amide bonds. The van der Waals surface area contributed by atoms with Crippen molar-refractivity contribution in [3.63, 3.8) is 0 Å². The first-order valence-corrected chi connectivity index (χ1v) is 5.77. The van der Waals surface area contributed by atoms with Crippen molar-refractivity contribution in [2.75, 3.05) is 0 Å². The van der Waals surface area contributed by atoms with Crippen LogP contribution in [0.5, 0.6) is 0 Å². The fraction of sp³-hybridized carbons (Fsp3) is 0.308. The lowest BCUT2D eigenvalue weighted by atomic mass is 10.1. The molecule has 0 aromatic heterocycles. The second-order valence-corrected chi connectivity index (χ2v) is 5.40. The molecule has 0 N–H and O–H groups in total. The monoisotopic (exact) mass is 282 g/mol. The molecule has 0 unspecified atom stereocenters. The molecule has 0 atom stereocenters. The van der Waals surface area contributed by atoms with Gasteiger partial charge in [-0.2, -0.15) is 0 Å². The summed E-state index contributed by atoms with van der Waals surface area (Å²) in [5.41, 5.74) is 0.662. The number of esters is 1. The maximum Gasteiger partial charge on any atom is 0.338 e. The molecule has 0 aliphatic heterocycles. The summed E-state index contributed by atoms with van der Waals surface area (Å²) in [6, 6.07) is 7.39. The van der Waals surface area contributed by atoms with Gasteiger partial charge in [0.05, 0.1) is 5.57 Å². The predicted molar refractivity (Wildman–Crippen MR) is 69.0 cm³/mol. The Morgan fingerprint density at radius 1 is 1.25 bits per heavy atom. The molecule has 86 valence electrons. The zero-order chi connectivity index (χ0) is 12.3. The topological polar surface area (TPSA) is 26.3 Å². The first kappa shape index (κ1) is 13.0. The minimum absolute atomic E-state index is 0.377. The lowest BCUT2D eigenvalue weighted by Crippen LogP contribution is -2.24. The Balaban J connectivity index is 2.79. The van der Waals surface area contributed by atoms with Gasteiger partial charge in [-0.3, -0.25) is 0 Å². The van der Waals surface area contributed by atoms with Crippen LogP contribution >= 0.6 is 15.9 Å². The molecule has 3 heteroatoms. The van der Waals surface area contributed by atoms with E-state index in [1.54, 1.807) is 0 Å². The fourth-order valence-corrected chi connectivity index (χ4v) is 1.37. The summed E-state index contributed by atoms with van der Waals surface area (Å²) in [4.78, 5) is 11.7. The first-order valence-electron chi connectivity index (χ1n) is 4.98. The van der Waals surface area contributed by atoms with Crippen molar-refractivity contribution in [1.29, 1.82) is 0 Å². The average Bonchev–Trinajstić information content (AvgIpc) is 2.15. The van der Waals surface area contributed by atoms with Crippen molar-refractivity contribution in [2.45, 2.75) is 26.4 Å². The molecule has 1 aromatic rings. The second kappa shape index (κ2) is 4.83. The molecule has 0 aliphatic carbocycles. The Hall–Kier alpha value is -1.09. The molecule has 0 radical (unpaired) electrons. The van der Waals surface area contributed by atoms with Gasteiger partial charge in [-0.1, -0.05) is 34.6 Å². The van der Waals surface area contributed by atoms with Crippen LogP contribution < -0.4 is 0 Å². The number of carbonyl (C=O) groups is 1. The zero-order valence-electron chi connectivity index (χ0n) is 9.71. The van der Waals surface area contributed by atoms with Crippen molar-refractivity contribution in [1.82, 2.24) is 0 Å². The number of rotatable bonds is 2. The molecule has 1 rings (SSSR count). The summed E-state index contributed by atoms with van der Waals surface area (Å²) < 4.78 is 6.20. The van der Waals surface area contributed by atoms with E-state index in [1.165, 1.54) is 0 Å². The molecule has 0 heterocycles. The first-order chi connectivity index (χ1) is 7.29. The minimum Gasteiger partial charge on any atom is -0.456 e. The highest BCUT2D eigenvalue weighted by molar-refractivity contribution is 9.10. The van der Waals surface area contributed by atoms with Gasteiger partial charge in [0.2, 0.25) is 0 Å². The standard InChI is InChI=1S/C13H15BrO2/c1-9(12(15)16-13(2,3)4)10-5-7-11(14)8-6-10/h5-8H,1H2,2-4H3. The maximum absolute atomic E-state index is 11.7. The zero-order valence-corrected chi connectivity index (χ0v) is 11.3. The highest BCUT2D eigenvalue weighted by Gasteiger charge is 2.19. The van der Waals surface area contributed by atoms with Gasteiger partial charge in [0.25, 0.3) is 0 Å². The fourth-order valence-electron chi connectivity index (χ4n) is 1.11. The Bertz CT molecular complexity index is 399. The Morgan fingerprint density at radius 2 is 1.75 bits per heavy atom. The van der Waals surface area contributed by atoms with E-state index in [1.807, 2.05) is 45.0 Å². The van der Waals surface area contributed by atoms with Gasteiger partial charge in [-0.25, -0.2) is 4.79 Å². The number of carbonyl (C=O) groups excluding carboxylic acids is 1. The Labute approximate surface area is 104 Å². The molecule has 0 saturated heterocycles. The van der Waals surface area contributed by atoms with Crippen LogP contribution in [0.2, 0.25) is 0 Å². The van der Waals surface area contributed by atoms with Crippen LogP contribution in [0.25, 0.3) is 5.57 Å². The lowest BCUT2D eigenvalue weighted by molar-refractivity contribution is -0.147. The molecule has 1 aromatic carbocycles. The van der Waals surface area contributed by atoms with Crippen molar-refractivity contribution >= 4 is 27.5 Å². The maximum atomic E-state index is 11.7. The summed E-state index contributed by atoms with van der Waals surface area (Å²) in [6.07, 6.45) is 0. The van der Waals surface area contributed by atoms with E-state index in [0.29, 0.717) is 5.57 Å². The largest absolute Gasteiger partial charge is 0.456 e. The molecular weight excluding hydrogens is 268 g/mol. The minimum atomic E-state index is -0.491. The van der Waals surface area contributed by atoms with Gasteiger partial charge in [0, 0.05) is 4.47 Å². The van der Waals surface area contributed by atoms with Crippen LogP contribution in [0.15, 0.2) is 35.3 Å². The molecule has 0 aliphatic rings. The number of benzene rings is 1. The summed E-state index contributed by atoms with van der Waals surface area (Å²) in [7, 11) is 0. The van der Waals surface area contributed by atoms with E-state index in [4.69, 9.17) is 4.74 Å². The van der Waals surface area contributed by atoms with Crippen molar-refractivity contribution in [3.05, 3.63) is 40.9 Å². The van der Waals surface area contributed by atoms with Crippen LogP contribution in [0.1, 0.15) is 26.3 Å². The van der Waals surface area contributed by atoms with E-state index < -0.39 is 5.60 Å². The van der Waals surface area contributed by atoms with Crippen molar-refractivity contribution < 1.29 is 9.53 Å². The number of hydrogen-bond donors (Lipinski definition) is 0. The van der Waals surface area contributed by atoms with Crippen LogP contribution in [-0.4, -0.2) is 11.6 Å². The highest BCUT2D eigenvalue weighted by Crippen LogP contribution is 2.20. The van der Waals surface area contributed by atoms with Crippen LogP contribution in [0.4, 0.5) is 0 Å². The summed E-state index contributed by atoms with van der Waals surface area (Å²) >= 11 is 3.33. The summed E-state index contributed by atoms with van der Waals surface area (Å²) in [6.45, 7) is 9.25. The summed E-state index contributed by atoms with van der Waals surface area (Å²) in [5.74, 6) is -0.380. The van der Waals surface area contributed by atoms with Crippen molar-refractivity contribution in [3.8, 4) is 0 Å². The average molecular weight is 283 g/mol.